The van der Waals surface area contributed by atoms with Gasteiger partial charge in [0.1, 0.15) is 0 Å². The number of halogens is 2. The van der Waals surface area contributed by atoms with Gasteiger partial charge in [0.05, 0.1) is 6.04 Å². The van der Waals surface area contributed by atoms with Crippen LogP contribution in [0.4, 0.5) is 8.78 Å². The second kappa shape index (κ2) is 6.78. The number of hydrazine groups is 1. The van der Waals surface area contributed by atoms with Crippen molar-refractivity contribution in [2.24, 2.45) is 11.8 Å². The van der Waals surface area contributed by atoms with E-state index in [0.29, 0.717) is 11.5 Å². The third-order valence-corrected chi connectivity index (χ3v) is 3.37. The van der Waals surface area contributed by atoms with Crippen molar-refractivity contribution in [3.8, 4) is 0 Å². The van der Waals surface area contributed by atoms with Crippen LogP contribution in [-0.2, 0) is 6.42 Å². The number of hydrogen-bond donors (Lipinski definition) is 2. The van der Waals surface area contributed by atoms with Gasteiger partial charge in [0, 0.05) is 0 Å². The zero-order valence-corrected chi connectivity index (χ0v) is 12.2. The minimum Gasteiger partial charge on any atom is -0.271 e. The van der Waals surface area contributed by atoms with E-state index in [2.05, 4.69) is 25.3 Å². The zero-order valence-electron chi connectivity index (χ0n) is 12.2. The number of rotatable bonds is 5. The Bertz CT molecular complexity index is 611. The molecule has 0 aliphatic rings. The molecule has 3 N–H and O–H groups in total. The Morgan fingerprint density at radius 2 is 1.71 bits per heavy atom. The molecule has 0 heterocycles. The van der Waals surface area contributed by atoms with E-state index in [1.54, 1.807) is 0 Å². The Morgan fingerprint density at radius 1 is 1.00 bits per heavy atom. The Balaban J connectivity index is 2.34. The van der Waals surface area contributed by atoms with E-state index < -0.39 is 11.6 Å². The van der Waals surface area contributed by atoms with Gasteiger partial charge < -0.3 is 0 Å². The predicted octanol–water partition coefficient (Wildman–Crippen LogP) is 3.72. The van der Waals surface area contributed by atoms with Gasteiger partial charge in [-0.15, -0.1) is 0 Å². The van der Waals surface area contributed by atoms with Crippen LogP contribution < -0.4 is 11.3 Å². The molecule has 0 radical (unpaired) electrons. The van der Waals surface area contributed by atoms with Gasteiger partial charge in [0.2, 0.25) is 0 Å². The highest BCUT2D eigenvalue weighted by Crippen LogP contribution is 2.24. The molecule has 0 amide bonds. The van der Waals surface area contributed by atoms with Crippen LogP contribution in [0.5, 0.6) is 0 Å². The molecule has 2 aromatic rings. The van der Waals surface area contributed by atoms with Gasteiger partial charge in [0.15, 0.2) is 11.6 Å². The molecule has 1 unspecified atom stereocenters. The summed E-state index contributed by atoms with van der Waals surface area (Å²) in [5.74, 6) is 4.43. The molecule has 0 aliphatic carbocycles. The van der Waals surface area contributed by atoms with Crippen molar-refractivity contribution in [1.82, 2.24) is 5.43 Å². The maximum absolute atomic E-state index is 13.4. The third kappa shape index (κ3) is 3.86. The summed E-state index contributed by atoms with van der Waals surface area (Å²) < 4.78 is 26.4. The highest BCUT2D eigenvalue weighted by molar-refractivity contribution is 5.34. The van der Waals surface area contributed by atoms with Gasteiger partial charge in [0.25, 0.3) is 0 Å². The van der Waals surface area contributed by atoms with Crippen molar-refractivity contribution < 1.29 is 8.78 Å². The minimum absolute atomic E-state index is 0.368. The first-order valence-corrected chi connectivity index (χ1v) is 7.01. The highest BCUT2D eigenvalue weighted by atomic mass is 19.2. The quantitative estimate of drug-likeness (QED) is 0.650. The molecule has 2 rings (SSSR count). The normalized spacial score (nSPS) is 12.7. The first-order chi connectivity index (χ1) is 10.0. The van der Waals surface area contributed by atoms with Crippen molar-refractivity contribution in [1.29, 1.82) is 0 Å². The van der Waals surface area contributed by atoms with Gasteiger partial charge in [-0.2, -0.15) is 0 Å². The second-order valence-electron chi connectivity index (χ2n) is 5.62. The number of benzene rings is 2. The van der Waals surface area contributed by atoms with Crippen LogP contribution >= 0.6 is 0 Å². The maximum atomic E-state index is 13.4. The third-order valence-electron chi connectivity index (χ3n) is 3.37. The Hall–Kier alpha value is -1.78. The molecular formula is C17H20F2N2. The fourth-order valence-corrected chi connectivity index (χ4v) is 2.45. The van der Waals surface area contributed by atoms with Crippen LogP contribution in [0, 0.1) is 17.6 Å². The van der Waals surface area contributed by atoms with Crippen LogP contribution in [-0.4, -0.2) is 0 Å². The molecule has 0 bridgehead atoms. The summed E-state index contributed by atoms with van der Waals surface area (Å²) in [6.45, 7) is 4.31. The molecule has 0 aromatic heterocycles. The van der Waals surface area contributed by atoms with E-state index in [1.807, 2.05) is 18.2 Å². The van der Waals surface area contributed by atoms with Gasteiger partial charge in [-0.3, -0.25) is 5.84 Å². The molecule has 0 spiro atoms. The van der Waals surface area contributed by atoms with Crippen molar-refractivity contribution in [3.63, 3.8) is 0 Å². The summed E-state index contributed by atoms with van der Waals surface area (Å²) in [7, 11) is 0. The summed E-state index contributed by atoms with van der Waals surface area (Å²) in [6.07, 6.45) is 0.961. The molecule has 21 heavy (non-hydrogen) atoms. The average molecular weight is 290 g/mol. The Kier molecular flexibility index (Phi) is 5.04. The molecule has 4 heteroatoms. The number of hydrogen-bond acceptors (Lipinski definition) is 2. The molecular weight excluding hydrogens is 270 g/mol. The largest absolute Gasteiger partial charge is 0.271 e. The topological polar surface area (TPSA) is 38.0 Å². The van der Waals surface area contributed by atoms with Crippen molar-refractivity contribution >= 4 is 0 Å². The lowest BCUT2D eigenvalue weighted by atomic mass is 9.95. The van der Waals surface area contributed by atoms with Crippen molar-refractivity contribution in [2.45, 2.75) is 26.3 Å². The van der Waals surface area contributed by atoms with Gasteiger partial charge in [-0.05, 0) is 41.2 Å². The van der Waals surface area contributed by atoms with E-state index in [9.17, 15) is 8.78 Å². The Labute approximate surface area is 124 Å². The summed E-state index contributed by atoms with van der Waals surface area (Å²) in [6, 6.07) is 11.5. The van der Waals surface area contributed by atoms with Crippen molar-refractivity contribution in [2.75, 3.05) is 0 Å². The van der Waals surface area contributed by atoms with Gasteiger partial charge >= 0.3 is 0 Å². The summed E-state index contributed by atoms with van der Waals surface area (Å²) in [4.78, 5) is 0. The first kappa shape index (κ1) is 15.6. The lowest BCUT2D eigenvalue weighted by Gasteiger charge is -2.18. The molecule has 0 saturated heterocycles. The summed E-state index contributed by atoms with van der Waals surface area (Å²) in [5, 5.41) is 0. The van der Waals surface area contributed by atoms with E-state index >= 15 is 0 Å². The second-order valence-corrected chi connectivity index (χ2v) is 5.62. The van der Waals surface area contributed by atoms with E-state index in [0.717, 1.165) is 18.1 Å². The lowest BCUT2D eigenvalue weighted by molar-refractivity contribution is 0.504. The van der Waals surface area contributed by atoms with Crippen LogP contribution in [0.25, 0.3) is 0 Å². The first-order valence-electron chi connectivity index (χ1n) is 7.01. The van der Waals surface area contributed by atoms with Crippen LogP contribution in [0.3, 0.4) is 0 Å². The highest BCUT2D eigenvalue weighted by Gasteiger charge is 2.15. The lowest BCUT2D eigenvalue weighted by Crippen LogP contribution is -2.29. The standard InChI is InChI=1S/C17H20F2N2/c1-11(2)8-12-4-3-5-13(9-12)17(21-20)14-6-7-15(18)16(19)10-14/h3-7,9-11,17,21H,8,20H2,1-2H3. The predicted molar refractivity (Wildman–Crippen MR) is 80.5 cm³/mol. The van der Waals surface area contributed by atoms with Crippen molar-refractivity contribution in [3.05, 3.63) is 70.8 Å². The van der Waals surface area contributed by atoms with Gasteiger partial charge in [-0.1, -0.05) is 44.2 Å². The van der Waals surface area contributed by atoms with Crippen LogP contribution in [0.1, 0.15) is 36.6 Å². The molecule has 1 atom stereocenters. The summed E-state index contributed by atoms with van der Waals surface area (Å²) in [5.41, 5.74) is 5.40. The van der Waals surface area contributed by atoms with Crippen LogP contribution in [0.15, 0.2) is 42.5 Å². The monoisotopic (exact) mass is 290 g/mol. The minimum atomic E-state index is -0.869. The Morgan fingerprint density at radius 3 is 2.33 bits per heavy atom. The molecule has 2 aromatic carbocycles. The average Bonchev–Trinajstić information content (AvgIpc) is 2.43. The molecule has 0 fully saturated rings. The smallest absolute Gasteiger partial charge is 0.159 e. The molecule has 2 nitrogen and oxygen atoms in total. The summed E-state index contributed by atoms with van der Waals surface area (Å²) >= 11 is 0. The number of nitrogens with two attached hydrogens (primary N) is 1. The zero-order chi connectivity index (χ0) is 15.4. The molecule has 0 saturated carbocycles. The fraction of sp³-hybridized carbons (Fsp3) is 0.294. The van der Waals surface area contributed by atoms with E-state index in [4.69, 9.17) is 5.84 Å². The maximum Gasteiger partial charge on any atom is 0.159 e. The SMILES string of the molecule is CC(C)Cc1cccc(C(NN)c2ccc(F)c(F)c2)c1. The number of nitrogens with one attached hydrogen (secondary N) is 1. The molecule has 112 valence electrons. The van der Waals surface area contributed by atoms with Gasteiger partial charge in [-0.25, -0.2) is 14.2 Å². The molecule has 0 aliphatic heterocycles. The van der Waals surface area contributed by atoms with E-state index in [-0.39, 0.29) is 6.04 Å². The van der Waals surface area contributed by atoms with E-state index in [1.165, 1.54) is 17.7 Å². The van der Waals surface area contributed by atoms with Crippen LogP contribution in [0.2, 0.25) is 0 Å². The fourth-order valence-electron chi connectivity index (χ4n) is 2.45.